The van der Waals surface area contributed by atoms with Gasteiger partial charge < -0.3 is 5.73 Å². The Bertz CT molecular complexity index is 117. The SMILES string of the molecule is C=C(C)/C=C\C(=N)N. The lowest BCUT2D eigenvalue weighted by atomic mass is 10.3. The molecule has 0 saturated heterocycles. The quantitative estimate of drug-likeness (QED) is 0.311. The number of rotatable bonds is 2. The molecular formula is C6H10N2. The first kappa shape index (κ1) is 6.95. The monoisotopic (exact) mass is 110 g/mol. The van der Waals surface area contributed by atoms with E-state index in [1.54, 1.807) is 6.08 Å². The van der Waals surface area contributed by atoms with Crippen LogP contribution in [0.5, 0.6) is 0 Å². The van der Waals surface area contributed by atoms with Gasteiger partial charge in [-0.15, -0.1) is 0 Å². The summed E-state index contributed by atoms with van der Waals surface area (Å²) >= 11 is 0. The Morgan fingerprint density at radius 2 is 2.12 bits per heavy atom. The maximum Gasteiger partial charge on any atom is 0.115 e. The van der Waals surface area contributed by atoms with Crippen LogP contribution in [0.1, 0.15) is 6.92 Å². The molecule has 0 unspecified atom stereocenters. The first-order chi connectivity index (χ1) is 3.63. The molecule has 2 heteroatoms. The predicted octanol–water partition coefficient (Wildman–Crippen LogP) is 1.05. The Balaban J connectivity index is 3.67. The van der Waals surface area contributed by atoms with Gasteiger partial charge in [-0.1, -0.05) is 18.2 Å². The van der Waals surface area contributed by atoms with Crippen molar-refractivity contribution in [1.29, 1.82) is 5.41 Å². The third-order valence-electron chi connectivity index (χ3n) is 0.547. The minimum Gasteiger partial charge on any atom is -0.384 e. The van der Waals surface area contributed by atoms with Crippen LogP contribution in [0.4, 0.5) is 0 Å². The molecule has 2 nitrogen and oxygen atoms in total. The van der Waals surface area contributed by atoms with Gasteiger partial charge in [-0.2, -0.15) is 0 Å². The Morgan fingerprint density at radius 1 is 1.62 bits per heavy atom. The molecule has 0 aromatic carbocycles. The predicted molar refractivity (Wildman–Crippen MR) is 35.9 cm³/mol. The molecule has 0 atom stereocenters. The fourth-order valence-electron chi connectivity index (χ4n) is 0.232. The highest BCUT2D eigenvalue weighted by Crippen LogP contribution is 1.86. The minimum absolute atomic E-state index is 0.0630. The van der Waals surface area contributed by atoms with Crippen LogP contribution >= 0.6 is 0 Å². The lowest BCUT2D eigenvalue weighted by Gasteiger charge is -1.83. The molecule has 0 spiro atoms. The maximum absolute atomic E-state index is 6.74. The molecular weight excluding hydrogens is 100 g/mol. The van der Waals surface area contributed by atoms with Crippen molar-refractivity contribution >= 4 is 5.84 Å². The summed E-state index contributed by atoms with van der Waals surface area (Å²) in [5.41, 5.74) is 5.90. The van der Waals surface area contributed by atoms with E-state index in [-0.39, 0.29) is 5.84 Å². The van der Waals surface area contributed by atoms with Gasteiger partial charge in [0.2, 0.25) is 0 Å². The van der Waals surface area contributed by atoms with E-state index in [0.29, 0.717) is 0 Å². The van der Waals surface area contributed by atoms with Crippen LogP contribution in [0.2, 0.25) is 0 Å². The maximum atomic E-state index is 6.74. The van der Waals surface area contributed by atoms with Gasteiger partial charge in [0.05, 0.1) is 0 Å². The first-order valence-electron chi connectivity index (χ1n) is 2.30. The van der Waals surface area contributed by atoms with Gasteiger partial charge >= 0.3 is 0 Å². The smallest absolute Gasteiger partial charge is 0.115 e. The van der Waals surface area contributed by atoms with Gasteiger partial charge in [0.1, 0.15) is 5.84 Å². The topological polar surface area (TPSA) is 49.9 Å². The highest BCUT2D eigenvalue weighted by Gasteiger charge is 1.74. The molecule has 8 heavy (non-hydrogen) atoms. The zero-order valence-corrected chi connectivity index (χ0v) is 4.94. The molecule has 0 aliphatic carbocycles. The number of amidine groups is 1. The third-order valence-corrected chi connectivity index (χ3v) is 0.547. The van der Waals surface area contributed by atoms with Crippen LogP contribution in [0.15, 0.2) is 24.3 Å². The lowest BCUT2D eigenvalue weighted by Crippen LogP contribution is -2.03. The van der Waals surface area contributed by atoms with Gasteiger partial charge in [0, 0.05) is 0 Å². The molecule has 0 radical (unpaired) electrons. The third kappa shape index (κ3) is 4.95. The van der Waals surface area contributed by atoms with Crippen molar-refractivity contribution in [2.75, 3.05) is 0 Å². The Kier molecular flexibility index (Phi) is 2.62. The highest BCUT2D eigenvalue weighted by molar-refractivity contribution is 5.88. The summed E-state index contributed by atoms with van der Waals surface area (Å²) < 4.78 is 0. The van der Waals surface area contributed by atoms with Crippen LogP contribution in [0, 0.1) is 5.41 Å². The highest BCUT2D eigenvalue weighted by atomic mass is 14.7. The normalized spacial score (nSPS) is 9.62. The Morgan fingerprint density at radius 3 is 2.25 bits per heavy atom. The molecule has 0 aliphatic heterocycles. The molecule has 0 amide bonds. The largest absolute Gasteiger partial charge is 0.384 e. The van der Waals surface area contributed by atoms with E-state index in [1.165, 1.54) is 6.08 Å². The molecule has 0 aromatic heterocycles. The van der Waals surface area contributed by atoms with Crippen molar-refractivity contribution in [3.05, 3.63) is 24.3 Å². The molecule has 0 saturated carbocycles. The van der Waals surface area contributed by atoms with Crippen LogP contribution in [0.25, 0.3) is 0 Å². The Hall–Kier alpha value is -1.05. The van der Waals surface area contributed by atoms with Crippen molar-refractivity contribution in [3.8, 4) is 0 Å². The van der Waals surface area contributed by atoms with Crippen LogP contribution < -0.4 is 5.73 Å². The van der Waals surface area contributed by atoms with Gasteiger partial charge in [-0.3, -0.25) is 5.41 Å². The molecule has 44 valence electrons. The van der Waals surface area contributed by atoms with Crippen molar-refractivity contribution in [3.63, 3.8) is 0 Å². The van der Waals surface area contributed by atoms with E-state index in [9.17, 15) is 0 Å². The summed E-state index contributed by atoms with van der Waals surface area (Å²) in [7, 11) is 0. The van der Waals surface area contributed by atoms with E-state index >= 15 is 0 Å². The van der Waals surface area contributed by atoms with Gasteiger partial charge in [0.25, 0.3) is 0 Å². The number of hydrogen-bond donors (Lipinski definition) is 2. The Labute approximate surface area is 49.2 Å². The summed E-state index contributed by atoms with van der Waals surface area (Å²) in [5, 5.41) is 6.74. The first-order valence-corrected chi connectivity index (χ1v) is 2.30. The molecule has 0 aliphatic rings. The van der Waals surface area contributed by atoms with Gasteiger partial charge in [0.15, 0.2) is 0 Å². The number of nitrogens with one attached hydrogen (secondary N) is 1. The summed E-state index contributed by atoms with van der Waals surface area (Å²) in [4.78, 5) is 0. The molecule has 0 heterocycles. The van der Waals surface area contributed by atoms with Crippen molar-refractivity contribution in [1.82, 2.24) is 0 Å². The zero-order chi connectivity index (χ0) is 6.57. The minimum atomic E-state index is 0.0630. The second-order valence-corrected chi connectivity index (χ2v) is 1.64. The molecule has 3 N–H and O–H groups in total. The zero-order valence-electron chi connectivity index (χ0n) is 4.94. The molecule has 0 bridgehead atoms. The van der Waals surface area contributed by atoms with Crippen LogP contribution in [-0.4, -0.2) is 5.84 Å². The van der Waals surface area contributed by atoms with Crippen molar-refractivity contribution in [2.24, 2.45) is 5.73 Å². The average molecular weight is 110 g/mol. The van der Waals surface area contributed by atoms with E-state index in [4.69, 9.17) is 11.1 Å². The molecule has 0 aromatic rings. The average Bonchev–Trinajstić information content (AvgIpc) is 1.61. The fraction of sp³-hybridized carbons (Fsp3) is 0.167. The number of allylic oxidation sites excluding steroid dienone is 2. The molecule has 0 rings (SSSR count). The summed E-state index contributed by atoms with van der Waals surface area (Å²) in [6, 6.07) is 0. The number of hydrogen-bond acceptors (Lipinski definition) is 1. The van der Waals surface area contributed by atoms with E-state index in [2.05, 4.69) is 6.58 Å². The van der Waals surface area contributed by atoms with Crippen molar-refractivity contribution in [2.45, 2.75) is 6.92 Å². The summed E-state index contributed by atoms with van der Waals surface area (Å²) in [5.74, 6) is 0.0630. The molecule has 0 fully saturated rings. The lowest BCUT2D eigenvalue weighted by molar-refractivity contribution is 1.45. The van der Waals surface area contributed by atoms with Gasteiger partial charge in [-0.05, 0) is 13.0 Å². The van der Waals surface area contributed by atoms with E-state index < -0.39 is 0 Å². The van der Waals surface area contributed by atoms with Gasteiger partial charge in [-0.25, -0.2) is 0 Å². The fourth-order valence-corrected chi connectivity index (χ4v) is 0.232. The van der Waals surface area contributed by atoms with E-state index in [0.717, 1.165) is 5.57 Å². The van der Waals surface area contributed by atoms with Crippen LogP contribution in [-0.2, 0) is 0 Å². The van der Waals surface area contributed by atoms with Crippen molar-refractivity contribution < 1.29 is 0 Å². The van der Waals surface area contributed by atoms with E-state index in [1.807, 2.05) is 6.92 Å². The summed E-state index contributed by atoms with van der Waals surface area (Å²) in [6.07, 6.45) is 3.20. The second kappa shape index (κ2) is 3.02. The van der Waals surface area contributed by atoms with Crippen LogP contribution in [0.3, 0.4) is 0 Å². The standard InChI is InChI=1S/C6H10N2/c1-5(2)3-4-6(7)8/h3-4H,1H2,2H3,(H3,7,8)/b4-3-. The second-order valence-electron chi connectivity index (χ2n) is 1.64. The summed E-state index contributed by atoms with van der Waals surface area (Å²) in [6.45, 7) is 5.43. The number of nitrogens with two attached hydrogens (primary N) is 1.